The Morgan fingerprint density at radius 2 is 1.85 bits per heavy atom. The van der Waals surface area contributed by atoms with Crippen molar-refractivity contribution in [1.29, 1.82) is 0 Å². The summed E-state index contributed by atoms with van der Waals surface area (Å²) in [6.45, 7) is 0. The van der Waals surface area contributed by atoms with Gasteiger partial charge in [0.05, 0.1) is 12.1 Å². The number of hydrogen-bond acceptors (Lipinski definition) is 3. The van der Waals surface area contributed by atoms with Crippen molar-refractivity contribution in [2.24, 2.45) is 5.73 Å². The van der Waals surface area contributed by atoms with Crippen molar-refractivity contribution < 1.29 is 9.59 Å². The molecule has 0 fully saturated rings. The van der Waals surface area contributed by atoms with E-state index in [1.165, 1.54) is 0 Å². The summed E-state index contributed by atoms with van der Waals surface area (Å²) in [6, 6.07) is 16.4. The molecule has 130 valence electrons. The lowest BCUT2D eigenvalue weighted by atomic mass is 10.1. The number of carbonyl (C=O) groups is 2. The van der Waals surface area contributed by atoms with Crippen molar-refractivity contribution in [3.8, 4) is 5.69 Å². The van der Waals surface area contributed by atoms with Gasteiger partial charge in [-0.05, 0) is 35.4 Å². The highest BCUT2D eigenvalue weighted by Gasteiger charge is 2.36. The van der Waals surface area contributed by atoms with Crippen LogP contribution in [0.2, 0.25) is 0 Å². The highest BCUT2D eigenvalue weighted by Crippen LogP contribution is 2.32. The van der Waals surface area contributed by atoms with Gasteiger partial charge in [-0.25, -0.2) is 4.68 Å². The number of primary amides is 1. The Morgan fingerprint density at radius 3 is 2.54 bits per heavy atom. The lowest BCUT2D eigenvalue weighted by Crippen LogP contribution is -2.46. The van der Waals surface area contributed by atoms with E-state index < -0.39 is 11.9 Å². The molecule has 1 atom stereocenters. The van der Waals surface area contributed by atoms with Crippen molar-refractivity contribution in [2.75, 3.05) is 4.90 Å². The molecule has 2 N–H and O–H groups in total. The Morgan fingerprint density at radius 1 is 1.08 bits per heavy atom. The van der Waals surface area contributed by atoms with E-state index >= 15 is 0 Å². The number of anilines is 1. The lowest BCUT2D eigenvalue weighted by Gasteiger charge is -2.23. The van der Waals surface area contributed by atoms with Gasteiger partial charge in [-0.3, -0.25) is 14.5 Å². The van der Waals surface area contributed by atoms with Gasteiger partial charge in [0.15, 0.2) is 0 Å². The lowest BCUT2D eigenvalue weighted by molar-refractivity contribution is -0.124. The highest BCUT2D eigenvalue weighted by molar-refractivity contribution is 6.03. The molecule has 0 saturated carbocycles. The summed E-state index contributed by atoms with van der Waals surface area (Å²) < 4.78 is 1.76. The van der Waals surface area contributed by atoms with Crippen LogP contribution in [0.25, 0.3) is 5.69 Å². The quantitative estimate of drug-likeness (QED) is 0.783. The summed E-state index contributed by atoms with van der Waals surface area (Å²) in [7, 11) is 0. The first-order valence-corrected chi connectivity index (χ1v) is 8.42. The molecule has 0 aliphatic carbocycles. The Labute approximate surface area is 150 Å². The molecule has 0 bridgehead atoms. The summed E-state index contributed by atoms with van der Waals surface area (Å²) in [5, 5.41) is 4.18. The first kappa shape index (κ1) is 16.1. The second-order valence-corrected chi connectivity index (χ2v) is 6.31. The molecule has 3 aromatic rings. The van der Waals surface area contributed by atoms with Crippen LogP contribution in [0.15, 0.2) is 67.0 Å². The molecule has 26 heavy (non-hydrogen) atoms. The van der Waals surface area contributed by atoms with E-state index in [4.69, 9.17) is 5.73 Å². The number of nitrogens with zero attached hydrogens (tertiary/aromatic N) is 3. The van der Waals surface area contributed by atoms with Crippen LogP contribution in [-0.2, 0) is 22.4 Å². The summed E-state index contributed by atoms with van der Waals surface area (Å²) in [6.07, 6.45) is 4.25. The molecular weight excluding hydrogens is 328 g/mol. The Bertz CT molecular complexity index is 948. The van der Waals surface area contributed by atoms with Gasteiger partial charge in [0.2, 0.25) is 11.8 Å². The van der Waals surface area contributed by atoms with Gasteiger partial charge in [-0.15, -0.1) is 0 Å². The predicted molar refractivity (Wildman–Crippen MR) is 97.9 cm³/mol. The minimum absolute atomic E-state index is 0.134. The molecule has 2 heterocycles. The molecule has 6 heteroatoms. The van der Waals surface area contributed by atoms with Crippen LogP contribution in [0, 0.1) is 0 Å². The number of fused-ring (bicyclic) bond motifs is 1. The zero-order valence-electron chi connectivity index (χ0n) is 14.1. The van der Waals surface area contributed by atoms with Crippen LogP contribution in [0.5, 0.6) is 0 Å². The second-order valence-electron chi connectivity index (χ2n) is 6.31. The minimum Gasteiger partial charge on any atom is -0.368 e. The van der Waals surface area contributed by atoms with E-state index in [0.29, 0.717) is 6.42 Å². The Balaban J connectivity index is 1.56. The smallest absolute Gasteiger partial charge is 0.240 e. The van der Waals surface area contributed by atoms with Crippen LogP contribution < -0.4 is 10.6 Å². The first-order chi connectivity index (χ1) is 12.6. The fourth-order valence-corrected chi connectivity index (χ4v) is 3.37. The molecule has 0 unspecified atom stereocenters. The van der Waals surface area contributed by atoms with Crippen molar-refractivity contribution in [3.05, 3.63) is 78.1 Å². The van der Waals surface area contributed by atoms with Crippen LogP contribution in [0.4, 0.5) is 5.69 Å². The molecule has 0 radical (unpaired) electrons. The number of benzene rings is 2. The number of nitrogens with two attached hydrogens (primary N) is 1. The molecule has 1 aliphatic heterocycles. The van der Waals surface area contributed by atoms with Crippen molar-refractivity contribution in [2.45, 2.75) is 18.9 Å². The van der Waals surface area contributed by atoms with E-state index in [1.807, 2.05) is 60.8 Å². The van der Waals surface area contributed by atoms with E-state index in [-0.39, 0.29) is 12.3 Å². The standard InChI is InChI=1S/C20H18N4O2/c21-20(26)18-13-15-4-1-2-5-17(15)24(18)19(25)12-14-6-8-16(9-7-14)23-11-3-10-22-23/h1-11,18H,12-13H2,(H2,21,26)/t18-/m0/s1. The third kappa shape index (κ3) is 2.86. The van der Waals surface area contributed by atoms with Crippen LogP contribution >= 0.6 is 0 Å². The van der Waals surface area contributed by atoms with Gasteiger partial charge < -0.3 is 5.73 Å². The average molecular weight is 346 g/mol. The summed E-state index contributed by atoms with van der Waals surface area (Å²) in [5.41, 5.74) is 9.07. The van der Waals surface area contributed by atoms with E-state index in [9.17, 15) is 9.59 Å². The number of para-hydroxylation sites is 1. The predicted octanol–water partition coefficient (Wildman–Crippen LogP) is 1.86. The molecule has 4 rings (SSSR count). The molecule has 1 aliphatic rings. The number of carbonyl (C=O) groups excluding carboxylic acids is 2. The number of hydrogen-bond donors (Lipinski definition) is 1. The van der Waals surface area contributed by atoms with Crippen LogP contribution in [-0.4, -0.2) is 27.6 Å². The summed E-state index contributed by atoms with van der Waals surface area (Å²) in [5.74, 6) is -0.617. The Kier molecular flexibility index (Phi) is 4.01. The van der Waals surface area contributed by atoms with Crippen LogP contribution in [0.3, 0.4) is 0 Å². The van der Waals surface area contributed by atoms with Gasteiger partial charge in [-0.2, -0.15) is 5.10 Å². The third-order valence-electron chi connectivity index (χ3n) is 4.63. The number of amides is 2. The van der Waals surface area contributed by atoms with Crippen molar-refractivity contribution in [3.63, 3.8) is 0 Å². The fourth-order valence-electron chi connectivity index (χ4n) is 3.37. The zero-order chi connectivity index (χ0) is 18.1. The van der Waals surface area contributed by atoms with Gasteiger partial charge >= 0.3 is 0 Å². The third-order valence-corrected chi connectivity index (χ3v) is 4.63. The normalized spacial score (nSPS) is 15.7. The Hall–Kier alpha value is -3.41. The SMILES string of the molecule is NC(=O)[C@@H]1Cc2ccccc2N1C(=O)Cc1ccc(-n2cccn2)cc1. The zero-order valence-corrected chi connectivity index (χ0v) is 14.1. The monoisotopic (exact) mass is 346 g/mol. The summed E-state index contributed by atoms with van der Waals surface area (Å²) >= 11 is 0. The van der Waals surface area contributed by atoms with Gasteiger partial charge in [0.1, 0.15) is 6.04 Å². The molecule has 2 amide bonds. The van der Waals surface area contributed by atoms with E-state index in [1.54, 1.807) is 15.8 Å². The van der Waals surface area contributed by atoms with Crippen LogP contribution in [0.1, 0.15) is 11.1 Å². The maximum Gasteiger partial charge on any atom is 0.240 e. The second kappa shape index (κ2) is 6.48. The van der Waals surface area contributed by atoms with Gasteiger partial charge in [0, 0.05) is 24.5 Å². The molecule has 2 aromatic carbocycles. The fraction of sp³-hybridized carbons (Fsp3) is 0.150. The number of aromatic nitrogens is 2. The molecule has 0 saturated heterocycles. The minimum atomic E-state index is -0.622. The molecular formula is C20H18N4O2. The highest BCUT2D eigenvalue weighted by atomic mass is 16.2. The molecule has 6 nitrogen and oxygen atoms in total. The molecule has 1 aromatic heterocycles. The maximum atomic E-state index is 12.9. The largest absolute Gasteiger partial charge is 0.368 e. The first-order valence-electron chi connectivity index (χ1n) is 8.42. The van der Waals surface area contributed by atoms with Crippen molar-refractivity contribution >= 4 is 17.5 Å². The molecule has 0 spiro atoms. The maximum absolute atomic E-state index is 12.9. The van der Waals surface area contributed by atoms with Gasteiger partial charge in [0.25, 0.3) is 0 Å². The topological polar surface area (TPSA) is 81.2 Å². The van der Waals surface area contributed by atoms with E-state index in [0.717, 1.165) is 22.5 Å². The number of rotatable bonds is 4. The van der Waals surface area contributed by atoms with Gasteiger partial charge in [-0.1, -0.05) is 30.3 Å². The summed E-state index contributed by atoms with van der Waals surface area (Å²) in [4.78, 5) is 26.3. The average Bonchev–Trinajstić information content (AvgIpc) is 3.30. The van der Waals surface area contributed by atoms with Crippen molar-refractivity contribution in [1.82, 2.24) is 9.78 Å². The van der Waals surface area contributed by atoms with E-state index in [2.05, 4.69) is 5.10 Å².